The lowest BCUT2D eigenvalue weighted by Crippen LogP contribution is -2.46. The van der Waals surface area contributed by atoms with E-state index in [2.05, 4.69) is 0 Å². The number of carbonyl (C=O) groups excluding carboxylic acids is 1. The number of piperidine rings is 2. The van der Waals surface area contributed by atoms with Gasteiger partial charge in [-0.1, -0.05) is 30.3 Å². The second-order valence-electron chi connectivity index (χ2n) is 8.18. The van der Waals surface area contributed by atoms with Gasteiger partial charge in [0.15, 0.2) is 0 Å². The number of phenolic OH excluding ortho intramolecular Hbond substituents is 1. The van der Waals surface area contributed by atoms with Crippen molar-refractivity contribution in [3.8, 4) is 5.75 Å². The van der Waals surface area contributed by atoms with Crippen molar-refractivity contribution in [2.24, 2.45) is 5.92 Å². The molecule has 0 unspecified atom stereocenters. The number of nitrogens with zero attached hydrogens (tertiary/aromatic N) is 2. The minimum atomic E-state index is -3.49. The first kappa shape index (κ1) is 20.9. The molecule has 2 heterocycles. The summed E-state index contributed by atoms with van der Waals surface area (Å²) in [4.78, 5) is 15.3. The van der Waals surface area contributed by atoms with Crippen LogP contribution in [0.5, 0.6) is 5.75 Å². The van der Waals surface area contributed by atoms with Gasteiger partial charge in [0, 0.05) is 32.1 Å². The molecular formula is C23H28N2O4S. The summed E-state index contributed by atoms with van der Waals surface area (Å²) in [5.41, 5.74) is 1.21. The molecule has 0 bridgehead atoms. The van der Waals surface area contributed by atoms with Crippen LogP contribution in [0.2, 0.25) is 0 Å². The van der Waals surface area contributed by atoms with Gasteiger partial charge in [0.25, 0.3) is 0 Å². The molecule has 6 nitrogen and oxygen atoms in total. The number of phenols is 1. The highest BCUT2D eigenvalue weighted by Gasteiger charge is 2.34. The van der Waals surface area contributed by atoms with Gasteiger partial charge in [0.1, 0.15) is 5.75 Å². The first-order chi connectivity index (χ1) is 14.4. The number of sulfonamides is 1. The lowest BCUT2D eigenvalue weighted by Gasteiger charge is -2.37. The molecule has 1 amide bonds. The minimum absolute atomic E-state index is 0.0996. The summed E-state index contributed by atoms with van der Waals surface area (Å²) < 4.78 is 27.0. The molecule has 0 radical (unpaired) electrons. The van der Waals surface area contributed by atoms with E-state index in [9.17, 15) is 18.3 Å². The Bertz CT molecular complexity index is 960. The van der Waals surface area contributed by atoms with Crippen molar-refractivity contribution in [1.29, 1.82) is 0 Å². The van der Waals surface area contributed by atoms with Crippen LogP contribution in [0.1, 0.15) is 37.2 Å². The summed E-state index contributed by atoms with van der Waals surface area (Å²) in [6.07, 6.45) is 2.97. The third-order valence-electron chi connectivity index (χ3n) is 6.36. The molecule has 30 heavy (non-hydrogen) atoms. The number of hydrogen-bond acceptors (Lipinski definition) is 4. The molecule has 2 aromatic rings. The first-order valence-electron chi connectivity index (χ1n) is 10.6. The summed E-state index contributed by atoms with van der Waals surface area (Å²) in [7, 11) is -3.49. The standard InChI is InChI=1S/C23H28N2O4S/c26-21-8-6-18(7-9-21)19-10-14-24(15-11-19)23(27)20-12-16-25(17-13-20)30(28,29)22-4-2-1-3-5-22/h1-9,19-20,26H,10-17H2. The van der Waals surface area contributed by atoms with E-state index in [0.717, 1.165) is 25.9 Å². The predicted molar refractivity (Wildman–Crippen MR) is 115 cm³/mol. The lowest BCUT2D eigenvalue weighted by atomic mass is 9.88. The Labute approximate surface area is 178 Å². The highest BCUT2D eigenvalue weighted by atomic mass is 32.2. The highest BCUT2D eigenvalue weighted by Crippen LogP contribution is 2.31. The van der Waals surface area contributed by atoms with Crippen molar-refractivity contribution in [2.45, 2.75) is 36.5 Å². The average Bonchev–Trinajstić information content (AvgIpc) is 2.80. The first-order valence-corrected chi connectivity index (χ1v) is 12.0. The van der Waals surface area contributed by atoms with Gasteiger partial charge >= 0.3 is 0 Å². The number of benzene rings is 2. The monoisotopic (exact) mass is 428 g/mol. The van der Waals surface area contributed by atoms with Crippen molar-refractivity contribution >= 4 is 15.9 Å². The zero-order valence-electron chi connectivity index (χ0n) is 17.0. The van der Waals surface area contributed by atoms with Gasteiger partial charge in [-0.3, -0.25) is 4.79 Å². The van der Waals surface area contributed by atoms with Crippen molar-refractivity contribution in [3.63, 3.8) is 0 Å². The fourth-order valence-electron chi connectivity index (χ4n) is 4.52. The van der Waals surface area contributed by atoms with Gasteiger partial charge in [-0.2, -0.15) is 4.31 Å². The topological polar surface area (TPSA) is 77.9 Å². The Morgan fingerprint density at radius 2 is 1.43 bits per heavy atom. The van der Waals surface area contributed by atoms with E-state index in [-0.39, 0.29) is 17.6 Å². The second-order valence-corrected chi connectivity index (χ2v) is 10.1. The number of carbonyl (C=O) groups is 1. The summed E-state index contributed by atoms with van der Waals surface area (Å²) in [5, 5.41) is 9.45. The summed E-state index contributed by atoms with van der Waals surface area (Å²) in [5.74, 6) is 0.743. The maximum atomic E-state index is 13.0. The Balaban J connectivity index is 1.30. The smallest absolute Gasteiger partial charge is 0.243 e. The molecule has 0 aromatic heterocycles. The molecule has 2 aliphatic rings. The molecule has 4 rings (SSSR count). The Kier molecular flexibility index (Phi) is 6.11. The van der Waals surface area contributed by atoms with Gasteiger partial charge in [-0.15, -0.1) is 0 Å². The molecule has 0 saturated carbocycles. The molecule has 2 fully saturated rings. The molecule has 2 aromatic carbocycles. The fraction of sp³-hybridized carbons (Fsp3) is 0.435. The summed E-state index contributed by atoms with van der Waals surface area (Å²) in [6.45, 7) is 2.23. The van der Waals surface area contributed by atoms with E-state index in [4.69, 9.17) is 0 Å². The Morgan fingerprint density at radius 3 is 2.03 bits per heavy atom. The number of aromatic hydroxyl groups is 1. The highest BCUT2D eigenvalue weighted by molar-refractivity contribution is 7.89. The Morgan fingerprint density at radius 1 is 0.833 bits per heavy atom. The van der Waals surface area contributed by atoms with E-state index >= 15 is 0 Å². The van der Waals surface area contributed by atoms with E-state index < -0.39 is 10.0 Å². The van der Waals surface area contributed by atoms with Crippen LogP contribution in [0.3, 0.4) is 0 Å². The number of amides is 1. The maximum absolute atomic E-state index is 13.0. The third-order valence-corrected chi connectivity index (χ3v) is 8.27. The van der Waals surface area contributed by atoms with Crippen LogP contribution in [0.15, 0.2) is 59.5 Å². The molecule has 0 spiro atoms. The van der Waals surface area contributed by atoms with Crippen LogP contribution in [-0.4, -0.2) is 54.8 Å². The van der Waals surface area contributed by atoms with Gasteiger partial charge in [-0.25, -0.2) is 8.42 Å². The quantitative estimate of drug-likeness (QED) is 0.811. The van der Waals surface area contributed by atoms with Crippen molar-refractivity contribution < 1.29 is 18.3 Å². The van der Waals surface area contributed by atoms with E-state index in [0.29, 0.717) is 36.7 Å². The average molecular weight is 429 g/mol. The predicted octanol–water partition coefficient (Wildman–Crippen LogP) is 3.20. The van der Waals surface area contributed by atoms with Crippen LogP contribution in [0.25, 0.3) is 0 Å². The summed E-state index contributed by atoms with van der Waals surface area (Å²) >= 11 is 0. The molecule has 160 valence electrons. The van der Waals surface area contributed by atoms with Gasteiger partial charge in [0.05, 0.1) is 4.90 Å². The number of hydrogen-bond donors (Lipinski definition) is 1. The van der Waals surface area contributed by atoms with Crippen LogP contribution in [0, 0.1) is 5.92 Å². The van der Waals surface area contributed by atoms with Crippen LogP contribution >= 0.6 is 0 Å². The van der Waals surface area contributed by atoms with Crippen molar-refractivity contribution in [1.82, 2.24) is 9.21 Å². The SMILES string of the molecule is O=C(C1CCN(S(=O)(=O)c2ccccc2)CC1)N1CCC(c2ccc(O)cc2)CC1. The normalized spacial score (nSPS) is 19.7. The van der Waals surface area contributed by atoms with Crippen molar-refractivity contribution in [2.75, 3.05) is 26.2 Å². The third kappa shape index (κ3) is 4.37. The zero-order chi connectivity index (χ0) is 21.1. The van der Waals surface area contributed by atoms with Crippen LogP contribution in [0.4, 0.5) is 0 Å². The van der Waals surface area contributed by atoms with Crippen molar-refractivity contribution in [3.05, 3.63) is 60.2 Å². The molecule has 2 aliphatic heterocycles. The van der Waals surface area contributed by atoms with Gasteiger partial charge in [0.2, 0.25) is 15.9 Å². The largest absolute Gasteiger partial charge is 0.508 e. The van der Waals surface area contributed by atoms with E-state index in [1.165, 1.54) is 9.87 Å². The molecule has 0 atom stereocenters. The maximum Gasteiger partial charge on any atom is 0.243 e. The van der Waals surface area contributed by atoms with Crippen LogP contribution < -0.4 is 0 Å². The zero-order valence-corrected chi connectivity index (χ0v) is 17.8. The van der Waals surface area contributed by atoms with E-state index in [1.54, 1.807) is 42.5 Å². The second kappa shape index (κ2) is 8.78. The number of likely N-dealkylation sites (tertiary alicyclic amines) is 1. The Hall–Kier alpha value is -2.38. The van der Waals surface area contributed by atoms with Crippen LogP contribution in [-0.2, 0) is 14.8 Å². The number of rotatable bonds is 4. The molecule has 0 aliphatic carbocycles. The molecule has 7 heteroatoms. The summed E-state index contributed by atoms with van der Waals surface area (Å²) in [6, 6.07) is 15.8. The molecular weight excluding hydrogens is 400 g/mol. The minimum Gasteiger partial charge on any atom is -0.508 e. The van der Waals surface area contributed by atoms with Gasteiger partial charge in [-0.05, 0) is 61.4 Å². The van der Waals surface area contributed by atoms with Gasteiger partial charge < -0.3 is 10.0 Å². The molecule has 2 saturated heterocycles. The lowest BCUT2D eigenvalue weighted by molar-refractivity contribution is -0.137. The molecule has 1 N–H and O–H groups in total. The van der Waals surface area contributed by atoms with E-state index in [1.807, 2.05) is 17.0 Å². The fourth-order valence-corrected chi connectivity index (χ4v) is 6.01.